The van der Waals surface area contributed by atoms with Gasteiger partial charge in [0.2, 0.25) is 5.95 Å². The van der Waals surface area contributed by atoms with Crippen LogP contribution in [-0.4, -0.2) is 56.7 Å². The van der Waals surface area contributed by atoms with Crippen LogP contribution in [0.5, 0.6) is 0 Å². The number of rotatable bonds is 3. The highest BCUT2D eigenvalue weighted by atomic mass is 16.2. The standard InChI is InChI=1S/C16H20N6O/c23-14(20-9-3-10-20)16(22-11-2-8-19-22)4-12-21(13-5-16)15-17-6-1-7-18-15/h1-2,6-8,11H,3-5,9-10,12-13H2. The largest absolute Gasteiger partial charge is 0.341 e. The summed E-state index contributed by atoms with van der Waals surface area (Å²) in [6.45, 7) is 3.24. The molecular formula is C16H20N6O. The first kappa shape index (κ1) is 14.2. The van der Waals surface area contributed by atoms with Crippen LogP contribution in [0.4, 0.5) is 5.95 Å². The van der Waals surface area contributed by atoms with Crippen LogP contribution in [0.3, 0.4) is 0 Å². The Hall–Kier alpha value is -2.44. The van der Waals surface area contributed by atoms with E-state index in [9.17, 15) is 4.79 Å². The number of hydrogen-bond acceptors (Lipinski definition) is 5. The van der Waals surface area contributed by atoms with Crippen molar-refractivity contribution in [1.29, 1.82) is 0 Å². The monoisotopic (exact) mass is 312 g/mol. The molecule has 0 N–H and O–H groups in total. The summed E-state index contributed by atoms with van der Waals surface area (Å²) in [6, 6.07) is 3.70. The molecule has 0 aliphatic carbocycles. The van der Waals surface area contributed by atoms with Crippen molar-refractivity contribution >= 4 is 11.9 Å². The van der Waals surface area contributed by atoms with Crippen molar-refractivity contribution in [1.82, 2.24) is 24.6 Å². The second-order valence-electron chi connectivity index (χ2n) is 6.16. The zero-order valence-electron chi connectivity index (χ0n) is 13.0. The summed E-state index contributed by atoms with van der Waals surface area (Å²) in [7, 11) is 0. The molecule has 2 aliphatic heterocycles. The second-order valence-corrected chi connectivity index (χ2v) is 6.16. The van der Waals surface area contributed by atoms with E-state index in [4.69, 9.17) is 0 Å². The third-order valence-corrected chi connectivity index (χ3v) is 4.91. The molecule has 2 aromatic heterocycles. The normalized spacial score (nSPS) is 20.2. The van der Waals surface area contributed by atoms with Crippen molar-refractivity contribution in [3.8, 4) is 0 Å². The lowest BCUT2D eigenvalue weighted by molar-refractivity contribution is -0.146. The zero-order valence-corrected chi connectivity index (χ0v) is 13.0. The minimum atomic E-state index is -0.560. The topological polar surface area (TPSA) is 67.2 Å². The molecule has 4 heterocycles. The van der Waals surface area contributed by atoms with E-state index in [1.807, 2.05) is 27.9 Å². The number of carbonyl (C=O) groups is 1. The Balaban J connectivity index is 1.58. The fourth-order valence-corrected chi connectivity index (χ4v) is 3.41. The first-order valence-corrected chi connectivity index (χ1v) is 8.11. The van der Waals surface area contributed by atoms with Crippen LogP contribution in [0.1, 0.15) is 19.3 Å². The Morgan fingerprint density at radius 1 is 1.00 bits per heavy atom. The van der Waals surface area contributed by atoms with Crippen LogP contribution in [0.25, 0.3) is 0 Å². The Bertz CT molecular complexity index is 659. The molecule has 0 spiro atoms. The first-order valence-electron chi connectivity index (χ1n) is 8.11. The van der Waals surface area contributed by atoms with Crippen molar-refractivity contribution in [2.75, 3.05) is 31.1 Å². The predicted octanol–water partition coefficient (Wildman–Crippen LogP) is 0.901. The van der Waals surface area contributed by atoms with E-state index in [1.54, 1.807) is 18.6 Å². The first-order chi connectivity index (χ1) is 11.3. The summed E-state index contributed by atoms with van der Waals surface area (Å²) in [5, 5.41) is 4.39. The molecule has 0 saturated carbocycles. The van der Waals surface area contributed by atoms with Gasteiger partial charge >= 0.3 is 0 Å². The number of aromatic nitrogens is 4. The van der Waals surface area contributed by atoms with Crippen molar-refractivity contribution in [2.45, 2.75) is 24.8 Å². The average Bonchev–Trinajstić information content (AvgIpc) is 3.09. The van der Waals surface area contributed by atoms with Gasteiger partial charge in [-0.15, -0.1) is 0 Å². The third-order valence-electron chi connectivity index (χ3n) is 4.91. The number of amides is 1. The maximum Gasteiger partial charge on any atom is 0.250 e. The van der Waals surface area contributed by atoms with E-state index in [-0.39, 0.29) is 5.91 Å². The van der Waals surface area contributed by atoms with E-state index in [0.29, 0.717) is 0 Å². The average molecular weight is 312 g/mol. The van der Waals surface area contributed by atoms with Gasteiger partial charge in [0, 0.05) is 51.0 Å². The van der Waals surface area contributed by atoms with Crippen LogP contribution in [0, 0.1) is 0 Å². The highest BCUT2D eigenvalue weighted by Crippen LogP contribution is 2.34. The number of anilines is 1. The Morgan fingerprint density at radius 3 is 2.30 bits per heavy atom. The molecule has 2 aliphatic rings. The molecule has 23 heavy (non-hydrogen) atoms. The molecule has 0 bridgehead atoms. The van der Waals surface area contributed by atoms with Gasteiger partial charge in [0.1, 0.15) is 5.54 Å². The van der Waals surface area contributed by atoms with Gasteiger partial charge in [-0.1, -0.05) is 0 Å². The molecule has 7 heteroatoms. The van der Waals surface area contributed by atoms with Gasteiger partial charge in [0.25, 0.3) is 5.91 Å². The molecule has 7 nitrogen and oxygen atoms in total. The van der Waals surface area contributed by atoms with Crippen LogP contribution in [0.2, 0.25) is 0 Å². The molecule has 0 aromatic carbocycles. The molecule has 1 amide bonds. The lowest BCUT2D eigenvalue weighted by Crippen LogP contribution is -2.59. The predicted molar refractivity (Wildman–Crippen MR) is 84.9 cm³/mol. The maximum atomic E-state index is 13.1. The molecule has 120 valence electrons. The second kappa shape index (κ2) is 5.64. The van der Waals surface area contributed by atoms with E-state index >= 15 is 0 Å². The van der Waals surface area contributed by atoms with Gasteiger partial charge in [-0.25, -0.2) is 9.97 Å². The van der Waals surface area contributed by atoms with Crippen LogP contribution >= 0.6 is 0 Å². The molecule has 4 rings (SSSR count). The summed E-state index contributed by atoms with van der Waals surface area (Å²) in [6.07, 6.45) is 9.71. The van der Waals surface area contributed by atoms with E-state index in [0.717, 1.165) is 51.4 Å². The quantitative estimate of drug-likeness (QED) is 0.842. The minimum absolute atomic E-state index is 0.209. The molecule has 0 unspecified atom stereocenters. The maximum absolute atomic E-state index is 13.1. The van der Waals surface area contributed by atoms with Crippen molar-refractivity contribution in [3.63, 3.8) is 0 Å². The lowest BCUT2D eigenvalue weighted by Gasteiger charge is -2.45. The van der Waals surface area contributed by atoms with E-state index < -0.39 is 5.54 Å². The van der Waals surface area contributed by atoms with Gasteiger partial charge in [0.05, 0.1) is 0 Å². The van der Waals surface area contributed by atoms with Gasteiger partial charge in [0.15, 0.2) is 0 Å². The Morgan fingerprint density at radius 2 is 1.74 bits per heavy atom. The molecule has 2 aromatic rings. The number of likely N-dealkylation sites (tertiary alicyclic amines) is 1. The zero-order chi connectivity index (χ0) is 15.7. The summed E-state index contributed by atoms with van der Waals surface area (Å²) < 4.78 is 1.86. The minimum Gasteiger partial charge on any atom is -0.341 e. The van der Waals surface area contributed by atoms with Crippen LogP contribution < -0.4 is 4.90 Å². The Labute approximate surface area is 134 Å². The van der Waals surface area contributed by atoms with Gasteiger partial charge in [-0.3, -0.25) is 9.48 Å². The van der Waals surface area contributed by atoms with Crippen molar-refractivity contribution < 1.29 is 4.79 Å². The lowest BCUT2D eigenvalue weighted by atomic mass is 9.85. The highest BCUT2D eigenvalue weighted by molar-refractivity contribution is 5.85. The summed E-state index contributed by atoms with van der Waals surface area (Å²) in [4.78, 5) is 25.8. The van der Waals surface area contributed by atoms with Gasteiger partial charge < -0.3 is 9.80 Å². The molecule has 2 fully saturated rings. The molecule has 0 radical (unpaired) electrons. The fraction of sp³-hybridized carbons (Fsp3) is 0.500. The van der Waals surface area contributed by atoms with E-state index in [2.05, 4.69) is 20.0 Å². The van der Waals surface area contributed by atoms with Crippen LogP contribution in [0.15, 0.2) is 36.9 Å². The van der Waals surface area contributed by atoms with Crippen molar-refractivity contribution in [3.05, 3.63) is 36.9 Å². The van der Waals surface area contributed by atoms with Crippen LogP contribution in [-0.2, 0) is 10.3 Å². The number of nitrogens with zero attached hydrogens (tertiary/aromatic N) is 6. The van der Waals surface area contributed by atoms with Gasteiger partial charge in [-0.2, -0.15) is 5.10 Å². The van der Waals surface area contributed by atoms with Gasteiger partial charge in [-0.05, 0) is 31.4 Å². The summed E-state index contributed by atoms with van der Waals surface area (Å²) >= 11 is 0. The van der Waals surface area contributed by atoms with E-state index in [1.165, 1.54) is 0 Å². The Kier molecular flexibility index (Phi) is 3.48. The SMILES string of the molecule is O=C(N1CCC1)C1(n2cccn2)CCN(c2ncccn2)CC1. The highest BCUT2D eigenvalue weighted by Gasteiger charge is 2.47. The van der Waals surface area contributed by atoms with Crippen molar-refractivity contribution in [2.24, 2.45) is 0 Å². The smallest absolute Gasteiger partial charge is 0.250 e. The summed E-state index contributed by atoms with van der Waals surface area (Å²) in [5.74, 6) is 0.944. The third kappa shape index (κ3) is 2.36. The molecule has 0 atom stereocenters. The number of carbonyl (C=O) groups excluding carboxylic acids is 1. The summed E-state index contributed by atoms with van der Waals surface area (Å²) in [5.41, 5.74) is -0.560. The number of piperidine rings is 1. The molecule has 2 saturated heterocycles. The molecular weight excluding hydrogens is 292 g/mol. The fourth-order valence-electron chi connectivity index (χ4n) is 3.41. The number of hydrogen-bond donors (Lipinski definition) is 0.